The van der Waals surface area contributed by atoms with Gasteiger partial charge in [0.25, 0.3) is 0 Å². The summed E-state index contributed by atoms with van der Waals surface area (Å²) in [5.74, 6) is 2.64. The summed E-state index contributed by atoms with van der Waals surface area (Å²) in [6.07, 6.45) is 12.4. The molecule has 4 bridgehead atoms. The summed E-state index contributed by atoms with van der Waals surface area (Å²) in [7, 11) is 0. The first-order valence-corrected chi connectivity index (χ1v) is 10.3. The zero-order valence-electron chi connectivity index (χ0n) is 15.0. The minimum Gasteiger partial charge on any atom is -0.391 e. The summed E-state index contributed by atoms with van der Waals surface area (Å²) in [6.45, 7) is 3.06. The maximum absolute atomic E-state index is 12.3. The Bertz CT molecular complexity index is 421. The molecule has 1 amide bonds. The van der Waals surface area contributed by atoms with Crippen molar-refractivity contribution in [1.29, 1.82) is 0 Å². The van der Waals surface area contributed by atoms with Crippen LogP contribution in [0, 0.1) is 23.2 Å². The molecule has 4 aliphatic carbocycles. The number of hydrogen-bond donors (Lipinski definition) is 2. The quantitative estimate of drug-likeness (QED) is 0.812. The van der Waals surface area contributed by atoms with Gasteiger partial charge >= 0.3 is 0 Å². The highest BCUT2D eigenvalue weighted by Crippen LogP contribution is 2.61. The molecule has 24 heavy (non-hydrogen) atoms. The molecule has 2 N–H and O–H groups in total. The Morgan fingerprint density at radius 2 is 1.54 bits per heavy atom. The number of aliphatic hydroxyl groups excluding tert-OH is 1. The van der Waals surface area contributed by atoms with Crippen molar-refractivity contribution in [2.24, 2.45) is 23.2 Å². The Morgan fingerprint density at radius 1 is 1.00 bits per heavy atom. The van der Waals surface area contributed by atoms with Crippen LogP contribution in [0.1, 0.15) is 64.2 Å². The smallest absolute Gasteiger partial charge is 0.234 e. The Hall–Kier alpha value is -0.610. The monoisotopic (exact) mass is 334 g/mol. The van der Waals surface area contributed by atoms with Crippen LogP contribution in [-0.2, 0) is 4.79 Å². The van der Waals surface area contributed by atoms with Gasteiger partial charge in [0.1, 0.15) is 0 Å². The van der Waals surface area contributed by atoms with Crippen molar-refractivity contribution in [3.63, 3.8) is 0 Å². The van der Waals surface area contributed by atoms with Gasteiger partial charge in [-0.05, 0) is 87.6 Å². The Labute approximate surface area is 146 Å². The summed E-state index contributed by atoms with van der Waals surface area (Å²) in [4.78, 5) is 14.6. The molecular formula is C20H34N2O2. The van der Waals surface area contributed by atoms with Crippen molar-refractivity contribution in [2.45, 2.75) is 70.3 Å². The highest BCUT2D eigenvalue weighted by atomic mass is 16.3. The molecule has 0 aromatic carbocycles. The van der Waals surface area contributed by atoms with Gasteiger partial charge in [-0.25, -0.2) is 0 Å². The van der Waals surface area contributed by atoms with Crippen LogP contribution in [0.3, 0.4) is 0 Å². The van der Waals surface area contributed by atoms with E-state index in [-0.39, 0.29) is 17.4 Å². The second-order valence-corrected chi connectivity index (χ2v) is 9.29. The van der Waals surface area contributed by atoms with Gasteiger partial charge < -0.3 is 10.4 Å². The van der Waals surface area contributed by atoms with Crippen molar-refractivity contribution < 1.29 is 9.90 Å². The third-order valence-corrected chi connectivity index (χ3v) is 7.35. The fraction of sp³-hybridized carbons (Fsp3) is 0.950. The standard InChI is InChI=1S/C20H34N2O2/c23-18(13-21-19(24)14-22-5-3-1-2-4-6-22)20-10-15-7-16(11-20)9-17(8-15)12-20/h15-18,23H,1-14H2,(H,21,24). The van der Waals surface area contributed by atoms with E-state index in [2.05, 4.69) is 10.2 Å². The average molecular weight is 335 g/mol. The minimum atomic E-state index is -0.348. The molecule has 5 rings (SSSR count). The number of nitrogens with one attached hydrogen (secondary N) is 1. The Kier molecular flexibility index (Phi) is 4.88. The normalized spacial score (nSPS) is 40.3. The molecular weight excluding hydrogens is 300 g/mol. The summed E-state index contributed by atoms with van der Waals surface area (Å²) in [5, 5.41) is 13.9. The zero-order chi connectivity index (χ0) is 16.6. The Balaban J connectivity index is 1.27. The van der Waals surface area contributed by atoms with E-state index in [9.17, 15) is 9.90 Å². The third kappa shape index (κ3) is 3.50. The summed E-state index contributed by atoms with van der Waals surface area (Å²) in [6, 6.07) is 0. The first-order valence-electron chi connectivity index (χ1n) is 10.3. The lowest BCUT2D eigenvalue weighted by atomic mass is 9.48. The molecule has 1 saturated heterocycles. The number of likely N-dealkylation sites (tertiary alicyclic amines) is 1. The third-order valence-electron chi connectivity index (χ3n) is 7.35. The van der Waals surface area contributed by atoms with Crippen LogP contribution in [0.5, 0.6) is 0 Å². The fourth-order valence-corrected chi connectivity index (χ4v) is 6.57. The molecule has 5 fully saturated rings. The number of nitrogens with zero attached hydrogens (tertiary/aromatic N) is 1. The molecule has 1 heterocycles. The molecule has 1 atom stereocenters. The van der Waals surface area contributed by atoms with E-state index in [0.717, 1.165) is 30.8 Å². The van der Waals surface area contributed by atoms with Crippen molar-refractivity contribution >= 4 is 5.91 Å². The Morgan fingerprint density at radius 3 is 2.08 bits per heavy atom. The van der Waals surface area contributed by atoms with Crippen molar-refractivity contribution in [3.05, 3.63) is 0 Å². The number of carbonyl (C=O) groups excluding carboxylic acids is 1. The molecule has 4 nitrogen and oxygen atoms in total. The van der Waals surface area contributed by atoms with Crippen LogP contribution in [0.2, 0.25) is 0 Å². The molecule has 136 valence electrons. The van der Waals surface area contributed by atoms with Crippen LogP contribution >= 0.6 is 0 Å². The van der Waals surface area contributed by atoms with Gasteiger partial charge in [-0.3, -0.25) is 9.69 Å². The predicted octanol–water partition coefficient (Wildman–Crippen LogP) is 2.56. The average Bonchev–Trinajstić information content (AvgIpc) is 2.80. The van der Waals surface area contributed by atoms with E-state index in [4.69, 9.17) is 0 Å². The first-order chi connectivity index (χ1) is 11.6. The molecule has 4 heteroatoms. The van der Waals surface area contributed by atoms with Gasteiger partial charge in [0, 0.05) is 6.54 Å². The molecule has 0 spiro atoms. The number of carbonyl (C=O) groups is 1. The lowest BCUT2D eigenvalue weighted by Crippen LogP contribution is -2.54. The topological polar surface area (TPSA) is 52.6 Å². The van der Waals surface area contributed by atoms with Crippen molar-refractivity contribution in [2.75, 3.05) is 26.2 Å². The highest BCUT2D eigenvalue weighted by Gasteiger charge is 2.53. The molecule has 5 aliphatic rings. The molecule has 0 aromatic rings. The van der Waals surface area contributed by atoms with E-state index >= 15 is 0 Å². The maximum atomic E-state index is 12.3. The summed E-state index contributed by atoms with van der Waals surface area (Å²) >= 11 is 0. The molecule has 0 aromatic heterocycles. The lowest BCUT2D eigenvalue weighted by Gasteiger charge is -2.58. The minimum absolute atomic E-state index is 0.0979. The van der Waals surface area contributed by atoms with Crippen molar-refractivity contribution in [1.82, 2.24) is 10.2 Å². The van der Waals surface area contributed by atoms with Gasteiger partial charge in [0.2, 0.25) is 5.91 Å². The van der Waals surface area contributed by atoms with Crippen molar-refractivity contribution in [3.8, 4) is 0 Å². The lowest BCUT2D eigenvalue weighted by molar-refractivity contribution is -0.129. The van der Waals surface area contributed by atoms with E-state index in [0.29, 0.717) is 13.1 Å². The summed E-state index contributed by atoms with van der Waals surface area (Å²) in [5.41, 5.74) is 0.116. The first kappa shape index (κ1) is 16.8. The molecule has 1 aliphatic heterocycles. The van der Waals surface area contributed by atoms with Gasteiger partial charge in [-0.2, -0.15) is 0 Å². The van der Waals surface area contributed by atoms with Gasteiger partial charge in [0.05, 0.1) is 12.6 Å². The van der Waals surface area contributed by atoms with Gasteiger partial charge in [-0.15, -0.1) is 0 Å². The largest absolute Gasteiger partial charge is 0.391 e. The number of rotatable bonds is 5. The molecule has 4 saturated carbocycles. The second kappa shape index (κ2) is 6.95. The maximum Gasteiger partial charge on any atom is 0.234 e. The predicted molar refractivity (Wildman–Crippen MR) is 94.5 cm³/mol. The number of hydrogen-bond acceptors (Lipinski definition) is 3. The summed E-state index contributed by atoms with van der Waals surface area (Å²) < 4.78 is 0. The van der Waals surface area contributed by atoms with E-state index in [1.165, 1.54) is 64.2 Å². The van der Waals surface area contributed by atoms with Crippen LogP contribution in [-0.4, -0.2) is 48.2 Å². The fourth-order valence-electron chi connectivity index (χ4n) is 6.57. The highest BCUT2D eigenvalue weighted by molar-refractivity contribution is 5.78. The van der Waals surface area contributed by atoms with Crippen LogP contribution in [0.15, 0.2) is 0 Å². The van der Waals surface area contributed by atoms with Gasteiger partial charge in [-0.1, -0.05) is 12.8 Å². The zero-order valence-corrected chi connectivity index (χ0v) is 15.0. The van der Waals surface area contributed by atoms with Gasteiger partial charge in [0.15, 0.2) is 0 Å². The second-order valence-electron chi connectivity index (χ2n) is 9.29. The number of aliphatic hydroxyl groups is 1. The van der Waals surface area contributed by atoms with E-state index in [1.807, 2.05) is 0 Å². The number of amides is 1. The SMILES string of the molecule is O=C(CN1CCCCCC1)NCC(O)C12CC3CC(CC(C3)C1)C2. The van der Waals surface area contributed by atoms with Crippen LogP contribution in [0.4, 0.5) is 0 Å². The van der Waals surface area contributed by atoms with E-state index < -0.39 is 0 Å². The molecule has 0 radical (unpaired) electrons. The van der Waals surface area contributed by atoms with E-state index in [1.54, 1.807) is 0 Å². The van der Waals surface area contributed by atoms with Crippen LogP contribution < -0.4 is 5.32 Å². The molecule has 1 unspecified atom stereocenters. The van der Waals surface area contributed by atoms with Crippen LogP contribution in [0.25, 0.3) is 0 Å².